The van der Waals surface area contributed by atoms with Crippen LogP contribution in [0.3, 0.4) is 0 Å². The van der Waals surface area contributed by atoms with Gasteiger partial charge in [-0.2, -0.15) is 0 Å². The van der Waals surface area contributed by atoms with E-state index in [0.717, 1.165) is 12.8 Å². The van der Waals surface area contributed by atoms with E-state index in [1.165, 1.54) is 11.8 Å². The Morgan fingerprint density at radius 1 is 1.69 bits per heavy atom. The van der Waals surface area contributed by atoms with E-state index >= 15 is 0 Å². The molecule has 0 N–H and O–H groups in total. The summed E-state index contributed by atoms with van der Waals surface area (Å²) in [7, 11) is 0. The molecule has 72 valence electrons. The number of rotatable bonds is 4. The summed E-state index contributed by atoms with van der Waals surface area (Å²) in [4.78, 5) is 12.0. The third kappa shape index (κ3) is 3.59. The van der Waals surface area contributed by atoms with Crippen LogP contribution < -0.4 is 0 Å². The zero-order chi connectivity index (χ0) is 9.68. The Morgan fingerprint density at radius 3 is 2.92 bits per heavy atom. The molecule has 0 saturated carbocycles. The molecule has 0 aliphatic rings. The number of esters is 1. The second kappa shape index (κ2) is 5.02. The zero-order valence-electron chi connectivity index (χ0n) is 7.95. The molecular formula is C10H14O2S. The Balaban J connectivity index is 2.45. The third-order valence-electron chi connectivity index (χ3n) is 1.80. The lowest BCUT2D eigenvalue weighted by atomic mass is 10.2. The molecule has 0 aliphatic carbocycles. The first-order valence-corrected chi connectivity index (χ1v) is 5.30. The van der Waals surface area contributed by atoms with Crippen molar-refractivity contribution >= 4 is 17.3 Å². The Morgan fingerprint density at radius 2 is 2.46 bits per heavy atom. The summed E-state index contributed by atoms with van der Waals surface area (Å²) < 4.78 is 5.14. The van der Waals surface area contributed by atoms with Gasteiger partial charge in [0.25, 0.3) is 0 Å². The molecule has 0 bridgehead atoms. The highest BCUT2D eigenvalue weighted by Crippen LogP contribution is 2.14. The molecule has 0 amide bonds. The van der Waals surface area contributed by atoms with Crippen LogP contribution in [0.1, 0.15) is 25.1 Å². The molecule has 1 atom stereocenters. The van der Waals surface area contributed by atoms with Gasteiger partial charge in [0.15, 0.2) is 0 Å². The lowest BCUT2D eigenvalue weighted by Gasteiger charge is -2.13. The minimum absolute atomic E-state index is 0.0381. The molecule has 3 heteroatoms. The van der Waals surface area contributed by atoms with Gasteiger partial charge in [-0.25, -0.2) is 0 Å². The van der Waals surface area contributed by atoms with Crippen LogP contribution in [0.2, 0.25) is 0 Å². The molecule has 1 rings (SSSR count). The Hall–Kier alpha value is -0.830. The first kappa shape index (κ1) is 10.3. The lowest BCUT2D eigenvalue weighted by molar-refractivity contribution is -0.146. The van der Waals surface area contributed by atoms with Crippen LogP contribution >= 0.6 is 11.3 Å². The highest BCUT2D eigenvalue weighted by Gasteiger charge is 2.10. The van der Waals surface area contributed by atoms with E-state index in [1.807, 2.05) is 18.4 Å². The van der Waals surface area contributed by atoms with Gasteiger partial charge in [0.2, 0.25) is 0 Å². The number of carbonyl (C=O) groups is 1. The maximum atomic E-state index is 10.7. The van der Waals surface area contributed by atoms with Crippen LogP contribution in [0, 0.1) is 0 Å². The topological polar surface area (TPSA) is 26.3 Å². The summed E-state index contributed by atoms with van der Waals surface area (Å²) in [6.07, 6.45) is 1.75. The van der Waals surface area contributed by atoms with Crippen LogP contribution in [0.4, 0.5) is 0 Å². The smallest absolute Gasteiger partial charge is 0.302 e. The molecule has 2 nitrogen and oxygen atoms in total. The molecule has 0 saturated heterocycles. The van der Waals surface area contributed by atoms with E-state index in [0.29, 0.717) is 0 Å². The Kier molecular flexibility index (Phi) is 3.96. The summed E-state index contributed by atoms with van der Waals surface area (Å²) in [6.45, 7) is 3.48. The fourth-order valence-electron chi connectivity index (χ4n) is 1.16. The maximum absolute atomic E-state index is 10.7. The van der Waals surface area contributed by atoms with Crippen molar-refractivity contribution in [2.45, 2.75) is 32.8 Å². The minimum atomic E-state index is -0.191. The van der Waals surface area contributed by atoms with Gasteiger partial charge in [-0.3, -0.25) is 4.79 Å². The molecular weight excluding hydrogens is 184 g/mol. The van der Waals surface area contributed by atoms with E-state index in [9.17, 15) is 4.79 Å². The van der Waals surface area contributed by atoms with Crippen LogP contribution in [-0.2, 0) is 16.0 Å². The normalized spacial score (nSPS) is 12.5. The van der Waals surface area contributed by atoms with E-state index in [-0.39, 0.29) is 12.1 Å². The summed E-state index contributed by atoms with van der Waals surface area (Å²) in [5, 5.41) is 2.04. The zero-order valence-corrected chi connectivity index (χ0v) is 8.76. The van der Waals surface area contributed by atoms with Crippen LogP contribution in [0.5, 0.6) is 0 Å². The largest absolute Gasteiger partial charge is 0.462 e. The minimum Gasteiger partial charge on any atom is -0.462 e. The van der Waals surface area contributed by atoms with Gasteiger partial charge in [0, 0.05) is 18.2 Å². The van der Waals surface area contributed by atoms with Crippen LogP contribution in [-0.4, -0.2) is 12.1 Å². The van der Waals surface area contributed by atoms with Crippen molar-refractivity contribution in [1.82, 2.24) is 0 Å². The van der Waals surface area contributed by atoms with Crippen molar-refractivity contribution < 1.29 is 9.53 Å². The number of hydrogen-bond acceptors (Lipinski definition) is 3. The van der Waals surface area contributed by atoms with E-state index in [1.54, 1.807) is 11.3 Å². The van der Waals surface area contributed by atoms with Gasteiger partial charge in [-0.1, -0.05) is 13.0 Å². The second-order valence-corrected chi connectivity index (χ2v) is 3.96. The highest BCUT2D eigenvalue weighted by molar-refractivity contribution is 7.09. The van der Waals surface area contributed by atoms with Crippen molar-refractivity contribution in [2.24, 2.45) is 0 Å². The highest BCUT2D eigenvalue weighted by atomic mass is 32.1. The second-order valence-electron chi connectivity index (χ2n) is 2.92. The number of ether oxygens (including phenoxy) is 1. The molecule has 0 fully saturated rings. The van der Waals surface area contributed by atoms with Crippen LogP contribution in [0.25, 0.3) is 0 Å². The van der Waals surface area contributed by atoms with Gasteiger partial charge in [0.1, 0.15) is 6.10 Å². The van der Waals surface area contributed by atoms with Gasteiger partial charge in [-0.15, -0.1) is 11.3 Å². The van der Waals surface area contributed by atoms with E-state index in [2.05, 4.69) is 6.07 Å². The summed E-state index contributed by atoms with van der Waals surface area (Å²) >= 11 is 1.70. The van der Waals surface area contributed by atoms with Gasteiger partial charge in [0.05, 0.1) is 0 Å². The number of carbonyl (C=O) groups excluding carboxylic acids is 1. The molecule has 1 aromatic rings. The van der Waals surface area contributed by atoms with Gasteiger partial charge < -0.3 is 4.74 Å². The Bertz CT molecular complexity index is 254. The number of thiophene rings is 1. The predicted molar refractivity (Wildman–Crippen MR) is 53.9 cm³/mol. The van der Waals surface area contributed by atoms with E-state index < -0.39 is 0 Å². The van der Waals surface area contributed by atoms with E-state index in [4.69, 9.17) is 4.74 Å². The molecule has 1 aromatic heterocycles. The quantitative estimate of drug-likeness (QED) is 0.695. The fraction of sp³-hybridized carbons (Fsp3) is 0.500. The first-order valence-electron chi connectivity index (χ1n) is 4.42. The third-order valence-corrected chi connectivity index (χ3v) is 2.70. The van der Waals surface area contributed by atoms with Crippen molar-refractivity contribution in [3.8, 4) is 0 Å². The molecule has 0 aromatic carbocycles. The lowest BCUT2D eigenvalue weighted by Crippen LogP contribution is -2.17. The molecule has 1 unspecified atom stereocenters. The average Bonchev–Trinajstić information content (AvgIpc) is 2.55. The first-order chi connectivity index (χ1) is 6.22. The molecule has 0 radical (unpaired) electrons. The molecule has 0 aliphatic heterocycles. The van der Waals surface area contributed by atoms with Gasteiger partial charge >= 0.3 is 5.97 Å². The standard InChI is InChI=1S/C10H14O2S/c1-3-9(12-8(2)11)7-10-5-4-6-13-10/h4-6,9H,3,7H2,1-2H3. The maximum Gasteiger partial charge on any atom is 0.302 e. The van der Waals surface area contributed by atoms with Crippen LogP contribution in [0.15, 0.2) is 17.5 Å². The predicted octanol–water partition coefficient (Wildman–Crippen LogP) is 2.63. The van der Waals surface area contributed by atoms with Gasteiger partial charge in [-0.05, 0) is 17.9 Å². The average molecular weight is 198 g/mol. The number of hydrogen-bond donors (Lipinski definition) is 0. The van der Waals surface area contributed by atoms with Crippen molar-refractivity contribution in [3.63, 3.8) is 0 Å². The molecule has 13 heavy (non-hydrogen) atoms. The molecule has 1 heterocycles. The summed E-state index contributed by atoms with van der Waals surface area (Å²) in [6, 6.07) is 4.08. The fourth-order valence-corrected chi connectivity index (χ4v) is 1.93. The molecule has 0 spiro atoms. The van der Waals surface area contributed by atoms with Crippen molar-refractivity contribution in [2.75, 3.05) is 0 Å². The Labute approximate surface area is 82.5 Å². The van der Waals surface area contributed by atoms with Crippen molar-refractivity contribution in [3.05, 3.63) is 22.4 Å². The SMILES string of the molecule is CCC(Cc1cccs1)OC(C)=O. The monoisotopic (exact) mass is 198 g/mol. The summed E-state index contributed by atoms with van der Waals surface area (Å²) in [5.74, 6) is -0.191. The van der Waals surface area contributed by atoms with Crippen molar-refractivity contribution in [1.29, 1.82) is 0 Å². The summed E-state index contributed by atoms with van der Waals surface area (Å²) in [5.41, 5.74) is 0.